The predicted octanol–water partition coefficient (Wildman–Crippen LogP) is 1.23. The summed E-state index contributed by atoms with van der Waals surface area (Å²) in [6, 6.07) is 2.63. The van der Waals surface area contributed by atoms with E-state index in [-0.39, 0.29) is 0 Å². The van der Waals surface area contributed by atoms with Crippen molar-refractivity contribution < 1.29 is 0 Å². The number of rotatable bonds is 3. The Morgan fingerprint density at radius 3 is 2.67 bits per heavy atom. The smallest absolute Gasteiger partial charge is 0.0765 e. The Morgan fingerprint density at radius 2 is 2.25 bits per heavy atom. The van der Waals surface area contributed by atoms with Crippen molar-refractivity contribution in [2.75, 3.05) is 0 Å². The Bertz CT molecular complexity index is 231. The minimum atomic E-state index is 0.521. The van der Waals surface area contributed by atoms with Gasteiger partial charge in [-0.1, -0.05) is 13.8 Å². The van der Waals surface area contributed by atoms with Crippen LogP contribution in [0.25, 0.3) is 0 Å². The van der Waals surface area contributed by atoms with Crippen LogP contribution in [-0.4, -0.2) is 15.8 Å². The van der Waals surface area contributed by atoms with Crippen molar-refractivity contribution >= 4 is 0 Å². The van der Waals surface area contributed by atoms with Gasteiger partial charge in [-0.25, -0.2) is 0 Å². The zero-order chi connectivity index (χ0) is 9.14. The second-order valence-electron chi connectivity index (χ2n) is 3.44. The van der Waals surface area contributed by atoms with Crippen LogP contribution >= 0.6 is 0 Å². The molecule has 0 aliphatic carbocycles. The van der Waals surface area contributed by atoms with Gasteiger partial charge in [-0.05, 0) is 13.0 Å². The maximum Gasteiger partial charge on any atom is 0.0765 e. The van der Waals surface area contributed by atoms with E-state index in [0.29, 0.717) is 6.04 Å². The molecule has 3 heteroatoms. The first-order chi connectivity index (χ1) is 5.59. The van der Waals surface area contributed by atoms with E-state index >= 15 is 0 Å². The first kappa shape index (κ1) is 9.26. The zero-order valence-corrected chi connectivity index (χ0v) is 8.26. The van der Waals surface area contributed by atoms with Crippen molar-refractivity contribution in [3.8, 4) is 0 Å². The average molecular weight is 167 g/mol. The third-order valence-corrected chi connectivity index (χ3v) is 1.86. The summed E-state index contributed by atoms with van der Waals surface area (Å²) in [5.74, 6) is 0. The topological polar surface area (TPSA) is 29.9 Å². The molecule has 0 aliphatic rings. The van der Waals surface area contributed by atoms with Gasteiger partial charge in [-0.15, -0.1) is 0 Å². The first-order valence-electron chi connectivity index (χ1n) is 4.32. The van der Waals surface area contributed by atoms with Gasteiger partial charge in [0.1, 0.15) is 0 Å². The molecule has 1 aromatic rings. The van der Waals surface area contributed by atoms with Crippen molar-refractivity contribution in [3.63, 3.8) is 0 Å². The SMILES string of the molecule is Cc1cc(CNC(C)C)nn1C. The van der Waals surface area contributed by atoms with Crippen LogP contribution in [0.4, 0.5) is 0 Å². The number of nitrogens with one attached hydrogen (secondary N) is 1. The lowest BCUT2D eigenvalue weighted by molar-refractivity contribution is 0.574. The van der Waals surface area contributed by atoms with Crippen LogP contribution in [0.3, 0.4) is 0 Å². The number of nitrogens with zero attached hydrogens (tertiary/aromatic N) is 2. The van der Waals surface area contributed by atoms with Crippen LogP contribution in [0.15, 0.2) is 6.07 Å². The fourth-order valence-electron chi connectivity index (χ4n) is 1.03. The van der Waals surface area contributed by atoms with Crippen LogP contribution in [-0.2, 0) is 13.6 Å². The summed E-state index contributed by atoms with van der Waals surface area (Å²) >= 11 is 0. The summed E-state index contributed by atoms with van der Waals surface area (Å²) < 4.78 is 1.90. The van der Waals surface area contributed by atoms with Crippen molar-refractivity contribution in [1.29, 1.82) is 0 Å². The summed E-state index contributed by atoms with van der Waals surface area (Å²) in [5, 5.41) is 7.66. The van der Waals surface area contributed by atoms with Gasteiger partial charge in [0.05, 0.1) is 5.69 Å². The van der Waals surface area contributed by atoms with Gasteiger partial charge < -0.3 is 5.32 Å². The van der Waals surface area contributed by atoms with E-state index in [1.165, 1.54) is 5.69 Å². The van der Waals surface area contributed by atoms with Crippen LogP contribution in [0.1, 0.15) is 25.2 Å². The fourth-order valence-corrected chi connectivity index (χ4v) is 1.03. The minimum Gasteiger partial charge on any atom is -0.309 e. The predicted molar refractivity (Wildman–Crippen MR) is 49.9 cm³/mol. The first-order valence-corrected chi connectivity index (χ1v) is 4.32. The highest BCUT2D eigenvalue weighted by Crippen LogP contribution is 2.00. The Balaban J connectivity index is 2.53. The minimum absolute atomic E-state index is 0.521. The molecule has 0 radical (unpaired) electrons. The molecule has 0 bridgehead atoms. The molecule has 0 atom stereocenters. The Hall–Kier alpha value is -0.830. The Morgan fingerprint density at radius 1 is 1.58 bits per heavy atom. The Labute approximate surface area is 73.8 Å². The van der Waals surface area contributed by atoms with Crippen LogP contribution in [0.5, 0.6) is 0 Å². The molecule has 0 aromatic carbocycles. The van der Waals surface area contributed by atoms with Crippen LogP contribution in [0.2, 0.25) is 0 Å². The van der Waals surface area contributed by atoms with Gasteiger partial charge in [0.25, 0.3) is 0 Å². The molecule has 0 unspecified atom stereocenters. The van der Waals surface area contributed by atoms with Crippen molar-refractivity contribution in [2.45, 2.75) is 33.4 Å². The van der Waals surface area contributed by atoms with E-state index < -0.39 is 0 Å². The van der Waals surface area contributed by atoms with Crippen molar-refractivity contribution in [3.05, 3.63) is 17.5 Å². The van der Waals surface area contributed by atoms with E-state index in [4.69, 9.17) is 0 Å². The number of hydrogen-bond acceptors (Lipinski definition) is 2. The van der Waals surface area contributed by atoms with E-state index in [1.54, 1.807) is 0 Å². The molecule has 1 aromatic heterocycles. The van der Waals surface area contributed by atoms with E-state index in [1.807, 2.05) is 11.7 Å². The lowest BCUT2D eigenvalue weighted by Gasteiger charge is -2.04. The molecule has 3 nitrogen and oxygen atoms in total. The summed E-state index contributed by atoms with van der Waals surface area (Å²) in [5.41, 5.74) is 2.32. The molecule has 12 heavy (non-hydrogen) atoms. The van der Waals surface area contributed by atoms with Gasteiger partial charge in [-0.2, -0.15) is 5.10 Å². The lowest BCUT2D eigenvalue weighted by atomic mass is 10.3. The number of aromatic nitrogens is 2. The maximum absolute atomic E-state index is 4.34. The molecule has 0 amide bonds. The van der Waals surface area contributed by atoms with Gasteiger partial charge in [-0.3, -0.25) is 4.68 Å². The monoisotopic (exact) mass is 167 g/mol. The van der Waals surface area contributed by atoms with Gasteiger partial charge >= 0.3 is 0 Å². The molecule has 1 rings (SSSR count). The highest BCUT2D eigenvalue weighted by Gasteiger charge is 2.00. The molecule has 0 spiro atoms. The normalized spacial score (nSPS) is 11.1. The van der Waals surface area contributed by atoms with Gasteiger partial charge in [0, 0.05) is 25.3 Å². The molecular weight excluding hydrogens is 150 g/mol. The summed E-state index contributed by atoms with van der Waals surface area (Å²) in [7, 11) is 1.97. The molecule has 1 N–H and O–H groups in total. The van der Waals surface area contributed by atoms with E-state index in [2.05, 4.69) is 37.3 Å². The zero-order valence-electron chi connectivity index (χ0n) is 8.26. The highest BCUT2D eigenvalue weighted by atomic mass is 15.3. The molecule has 0 aliphatic heterocycles. The van der Waals surface area contributed by atoms with Gasteiger partial charge in [0.2, 0.25) is 0 Å². The lowest BCUT2D eigenvalue weighted by Crippen LogP contribution is -2.22. The molecular formula is C9H17N3. The second kappa shape index (κ2) is 3.72. The third kappa shape index (κ3) is 2.34. The van der Waals surface area contributed by atoms with Gasteiger partial charge in [0.15, 0.2) is 0 Å². The second-order valence-corrected chi connectivity index (χ2v) is 3.44. The molecule has 0 saturated carbocycles. The Kier molecular flexibility index (Phi) is 2.87. The van der Waals surface area contributed by atoms with Crippen molar-refractivity contribution in [2.24, 2.45) is 7.05 Å². The van der Waals surface area contributed by atoms with Crippen LogP contribution in [0, 0.1) is 6.92 Å². The molecule has 0 fully saturated rings. The molecule has 68 valence electrons. The summed E-state index contributed by atoms with van der Waals surface area (Å²) in [6.45, 7) is 7.19. The average Bonchev–Trinajstić information content (AvgIpc) is 2.28. The highest BCUT2D eigenvalue weighted by molar-refractivity contribution is 5.07. The molecule has 0 saturated heterocycles. The quantitative estimate of drug-likeness (QED) is 0.733. The number of aryl methyl sites for hydroxylation is 2. The largest absolute Gasteiger partial charge is 0.309 e. The summed E-state index contributed by atoms with van der Waals surface area (Å²) in [4.78, 5) is 0. The van der Waals surface area contributed by atoms with E-state index in [0.717, 1.165) is 12.2 Å². The maximum atomic E-state index is 4.34. The molecule has 1 heterocycles. The van der Waals surface area contributed by atoms with Crippen molar-refractivity contribution in [1.82, 2.24) is 15.1 Å². The standard InChI is InChI=1S/C9H17N3/c1-7(2)10-6-9-5-8(3)12(4)11-9/h5,7,10H,6H2,1-4H3. The van der Waals surface area contributed by atoms with Crippen LogP contribution < -0.4 is 5.32 Å². The van der Waals surface area contributed by atoms with E-state index in [9.17, 15) is 0 Å². The third-order valence-electron chi connectivity index (χ3n) is 1.86. The number of hydrogen-bond donors (Lipinski definition) is 1. The fraction of sp³-hybridized carbons (Fsp3) is 0.667. The summed E-state index contributed by atoms with van der Waals surface area (Å²) in [6.07, 6.45) is 0.